The number of fused-ring (bicyclic) bond motifs is 1. The molecule has 1 aromatic carbocycles. The van der Waals surface area contributed by atoms with Crippen LogP contribution in [0.25, 0.3) is 0 Å². The molecule has 1 unspecified atom stereocenters. The van der Waals surface area contributed by atoms with Crippen molar-refractivity contribution in [1.29, 1.82) is 0 Å². The maximum absolute atomic E-state index is 12.0. The van der Waals surface area contributed by atoms with E-state index in [4.69, 9.17) is 14.0 Å². The molecule has 7 nitrogen and oxygen atoms in total. The number of nitrogens with one attached hydrogen (secondary N) is 1. The van der Waals surface area contributed by atoms with E-state index in [-0.39, 0.29) is 18.6 Å². The topological polar surface area (TPSA) is 76.8 Å². The molecule has 23 heavy (non-hydrogen) atoms. The van der Waals surface area contributed by atoms with Gasteiger partial charge in [0, 0.05) is 12.6 Å². The Morgan fingerprint density at radius 3 is 2.91 bits per heavy atom. The molecule has 1 N–H and O–H groups in total. The Morgan fingerprint density at radius 2 is 2.17 bits per heavy atom. The van der Waals surface area contributed by atoms with Crippen molar-refractivity contribution >= 4 is 11.8 Å². The summed E-state index contributed by atoms with van der Waals surface area (Å²) in [5.74, 6) is 1.68. The number of hydrogen-bond donors (Lipinski definition) is 1. The highest BCUT2D eigenvalue weighted by Crippen LogP contribution is 2.30. The number of aryl methyl sites for hydroxylation is 1. The number of hydrogen-bond acceptors (Lipinski definition) is 6. The summed E-state index contributed by atoms with van der Waals surface area (Å²) in [6.45, 7) is 3.06. The molecule has 122 valence electrons. The van der Waals surface area contributed by atoms with Crippen LogP contribution in [0.5, 0.6) is 11.5 Å². The van der Waals surface area contributed by atoms with Crippen molar-refractivity contribution in [2.75, 3.05) is 32.1 Å². The van der Waals surface area contributed by atoms with E-state index in [1.54, 1.807) is 13.0 Å². The van der Waals surface area contributed by atoms with Gasteiger partial charge in [-0.2, -0.15) is 0 Å². The van der Waals surface area contributed by atoms with Crippen LogP contribution in [0.2, 0.25) is 0 Å². The van der Waals surface area contributed by atoms with Crippen molar-refractivity contribution in [3.05, 3.63) is 36.0 Å². The van der Waals surface area contributed by atoms with Crippen molar-refractivity contribution in [2.24, 2.45) is 0 Å². The van der Waals surface area contributed by atoms with E-state index in [0.29, 0.717) is 19.0 Å². The van der Waals surface area contributed by atoms with E-state index in [2.05, 4.69) is 10.5 Å². The van der Waals surface area contributed by atoms with Gasteiger partial charge in [0.1, 0.15) is 12.7 Å². The molecule has 1 atom stereocenters. The van der Waals surface area contributed by atoms with Crippen LogP contribution in [0.1, 0.15) is 5.69 Å². The normalized spacial score (nSPS) is 16.4. The van der Waals surface area contributed by atoms with E-state index in [0.717, 1.165) is 17.2 Å². The number of ether oxygens (including phenoxy) is 2. The number of para-hydroxylation sites is 2. The number of likely N-dealkylation sites (N-methyl/N-ethyl adjacent to an activating group) is 1. The predicted octanol–water partition coefficient (Wildman–Crippen LogP) is 1.69. The van der Waals surface area contributed by atoms with E-state index < -0.39 is 0 Å². The fourth-order valence-corrected chi connectivity index (χ4v) is 2.41. The average molecular weight is 317 g/mol. The second-order valence-corrected chi connectivity index (χ2v) is 5.58. The third-order valence-electron chi connectivity index (χ3n) is 3.39. The fourth-order valence-electron chi connectivity index (χ4n) is 2.41. The number of carbonyl (C=O) groups is 1. The summed E-state index contributed by atoms with van der Waals surface area (Å²) in [5.41, 5.74) is 0.722. The Morgan fingerprint density at radius 1 is 1.39 bits per heavy atom. The minimum atomic E-state index is -0.166. The molecular weight excluding hydrogens is 298 g/mol. The zero-order valence-corrected chi connectivity index (χ0v) is 13.1. The molecule has 1 amide bonds. The van der Waals surface area contributed by atoms with Gasteiger partial charge in [-0.05, 0) is 26.1 Å². The molecule has 2 aromatic rings. The quantitative estimate of drug-likeness (QED) is 0.904. The monoisotopic (exact) mass is 317 g/mol. The first kappa shape index (κ1) is 15.4. The Kier molecular flexibility index (Phi) is 4.47. The molecule has 1 aromatic heterocycles. The molecule has 2 heterocycles. The first-order valence-electron chi connectivity index (χ1n) is 7.40. The lowest BCUT2D eigenvalue weighted by atomic mass is 10.2. The average Bonchev–Trinajstić information content (AvgIpc) is 2.91. The molecule has 0 saturated carbocycles. The van der Waals surface area contributed by atoms with Crippen LogP contribution >= 0.6 is 0 Å². The molecule has 0 radical (unpaired) electrons. The van der Waals surface area contributed by atoms with Crippen molar-refractivity contribution in [1.82, 2.24) is 10.1 Å². The largest absolute Gasteiger partial charge is 0.486 e. The summed E-state index contributed by atoms with van der Waals surface area (Å²) in [5, 5.41) is 6.39. The first-order chi connectivity index (χ1) is 11.1. The third-order valence-corrected chi connectivity index (χ3v) is 3.39. The van der Waals surface area contributed by atoms with Gasteiger partial charge in [0.05, 0.1) is 12.2 Å². The lowest BCUT2D eigenvalue weighted by Gasteiger charge is -2.29. The number of rotatable bonds is 5. The van der Waals surface area contributed by atoms with Crippen molar-refractivity contribution < 1.29 is 18.8 Å². The van der Waals surface area contributed by atoms with Crippen LogP contribution in [-0.2, 0) is 4.79 Å². The van der Waals surface area contributed by atoms with Crippen molar-refractivity contribution in [2.45, 2.75) is 13.0 Å². The van der Waals surface area contributed by atoms with Crippen LogP contribution in [0.3, 0.4) is 0 Å². The van der Waals surface area contributed by atoms with Gasteiger partial charge in [0.25, 0.3) is 0 Å². The highest BCUT2D eigenvalue weighted by atomic mass is 16.6. The second kappa shape index (κ2) is 6.70. The molecule has 7 heteroatoms. The summed E-state index contributed by atoms with van der Waals surface area (Å²) in [4.78, 5) is 13.8. The molecular formula is C16H19N3O4. The minimum Gasteiger partial charge on any atom is -0.486 e. The van der Waals surface area contributed by atoms with Crippen LogP contribution in [0, 0.1) is 6.92 Å². The highest BCUT2D eigenvalue weighted by Gasteiger charge is 2.22. The van der Waals surface area contributed by atoms with Gasteiger partial charge < -0.3 is 14.0 Å². The van der Waals surface area contributed by atoms with Gasteiger partial charge in [0.15, 0.2) is 11.5 Å². The van der Waals surface area contributed by atoms with Gasteiger partial charge in [-0.1, -0.05) is 17.3 Å². The second-order valence-electron chi connectivity index (χ2n) is 5.58. The maximum Gasteiger partial charge on any atom is 0.240 e. The zero-order chi connectivity index (χ0) is 16.2. The number of amides is 1. The smallest absolute Gasteiger partial charge is 0.240 e. The minimum absolute atomic E-state index is 0.116. The number of anilines is 1. The molecule has 0 spiro atoms. The summed E-state index contributed by atoms with van der Waals surface area (Å²) >= 11 is 0. The van der Waals surface area contributed by atoms with E-state index in [1.807, 2.05) is 36.2 Å². The number of carbonyl (C=O) groups excluding carboxylic acids is 1. The first-order valence-corrected chi connectivity index (χ1v) is 7.40. The van der Waals surface area contributed by atoms with E-state index in [9.17, 15) is 4.79 Å². The lowest BCUT2D eigenvalue weighted by molar-refractivity contribution is -0.117. The van der Waals surface area contributed by atoms with E-state index in [1.165, 1.54) is 0 Å². The van der Waals surface area contributed by atoms with Crippen molar-refractivity contribution in [3.63, 3.8) is 0 Å². The van der Waals surface area contributed by atoms with Gasteiger partial charge in [-0.25, -0.2) is 0 Å². The van der Waals surface area contributed by atoms with Crippen LogP contribution in [0.15, 0.2) is 34.9 Å². The van der Waals surface area contributed by atoms with Crippen LogP contribution in [-0.4, -0.2) is 48.8 Å². The number of nitrogens with zero attached hydrogens (tertiary/aromatic N) is 2. The van der Waals surface area contributed by atoms with Gasteiger partial charge in [0.2, 0.25) is 11.8 Å². The molecule has 0 aliphatic carbocycles. The lowest BCUT2D eigenvalue weighted by Crippen LogP contribution is -2.42. The Balaban J connectivity index is 1.48. The number of aromatic nitrogens is 1. The molecule has 3 rings (SSSR count). The highest BCUT2D eigenvalue weighted by molar-refractivity contribution is 5.90. The molecule has 0 bridgehead atoms. The maximum atomic E-state index is 12.0. The predicted molar refractivity (Wildman–Crippen MR) is 83.7 cm³/mol. The van der Waals surface area contributed by atoms with Gasteiger partial charge in [-0.15, -0.1) is 0 Å². The standard InChI is InChI=1S/C16H19N3O4/c1-11-7-16(23-18-11)17-15(20)9-19(2)8-12-10-21-13-5-3-4-6-14(13)22-12/h3-7,12H,8-10H2,1-2H3,(H,17,20). The van der Waals surface area contributed by atoms with Crippen molar-refractivity contribution in [3.8, 4) is 11.5 Å². The summed E-state index contributed by atoms with van der Waals surface area (Å²) in [6.07, 6.45) is -0.116. The molecule has 1 aliphatic heterocycles. The van der Waals surface area contributed by atoms with E-state index >= 15 is 0 Å². The SMILES string of the molecule is Cc1cc(NC(=O)CN(C)CC2COc3ccccc3O2)on1. The number of benzene rings is 1. The fraction of sp³-hybridized carbons (Fsp3) is 0.375. The summed E-state index contributed by atoms with van der Waals surface area (Å²) in [7, 11) is 1.86. The summed E-state index contributed by atoms with van der Waals surface area (Å²) < 4.78 is 16.5. The van der Waals surface area contributed by atoms with Gasteiger partial charge in [-0.3, -0.25) is 15.0 Å². The third kappa shape index (κ3) is 4.01. The van der Waals surface area contributed by atoms with Crippen LogP contribution < -0.4 is 14.8 Å². The molecule has 0 fully saturated rings. The molecule has 1 aliphatic rings. The Hall–Kier alpha value is -2.54. The van der Waals surface area contributed by atoms with Crippen LogP contribution in [0.4, 0.5) is 5.88 Å². The zero-order valence-electron chi connectivity index (χ0n) is 13.1. The Bertz CT molecular complexity index is 685. The van der Waals surface area contributed by atoms with Gasteiger partial charge >= 0.3 is 0 Å². The summed E-state index contributed by atoms with van der Waals surface area (Å²) in [6, 6.07) is 9.24. The Labute approximate surface area is 134 Å². The molecule has 0 saturated heterocycles.